The lowest BCUT2D eigenvalue weighted by atomic mass is 10.1. The van der Waals surface area contributed by atoms with Gasteiger partial charge in [-0.15, -0.1) is 0 Å². The molecule has 0 aliphatic rings. The van der Waals surface area contributed by atoms with E-state index < -0.39 is 16.5 Å². The number of nitro groups is 1. The number of fused-ring (bicyclic) bond motifs is 1. The Kier molecular flexibility index (Phi) is 4.34. The fourth-order valence-corrected chi connectivity index (χ4v) is 3.13. The van der Waals surface area contributed by atoms with Crippen LogP contribution in [0.3, 0.4) is 0 Å². The van der Waals surface area contributed by atoms with Gasteiger partial charge in [0, 0.05) is 12.3 Å². The number of carboxylic acids is 1. The number of benzene rings is 1. The molecule has 0 atom stereocenters. The highest BCUT2D eigenvalue weighted by molar-refractivity contribution is 7.18. The van der Waals surface area contributed by atoms with Gasteiger partial charge >= 0.3 is 5.97 Å². The van der Waals surface area contributed by atoms with Gasteiger partial charge in [0.15, 0.2) is 4.96 Å². The van der Waals surface area contributed by atoms with Crippen molar-refractivity contribution in [1.29, 1.82) is 0 Å². The Labute approximate surface area is 148 Å². The Balaban J connectivity index is 2.11. The number of rotatable bonds is 4. The first-order valence-electron chi connectivity index (χ1n) is 6.75. The molecule has 8 nitrogen and oxygen atoms in total. The highest BCUT2D eigenvalue weighted by Gasteiger charge is 2.15. The highest BCUT2D eigenvalue weighted by Crippen LogP contribution is 2.23. The molecule has 3 aromatic rings. The predicted molar refractivity (Wildman–Crippen MR) is 93.3 cm³/mol. The van der Waals surface area contributed by atoms with Crippen LogP contribution < -0.4 is 5.56 Å². The number of aromatic carboxylic acids is 1. The Hall–Kier alpha value is -3.04. The summed E-state index contributed by atoms with van der Waals surface area (Å²) in [5.74, 6) is -1.18. The standard InChI is InChI=1S/C15H8ClN3O5S/c16-12-9(6-5-8-3-1-2-4-10(8)19(23)24)17-15-18(13(12)20)7-11(25-15)14(21)22/h1-7H,(H,21,22)/b6-5+. The molecular formula is C15H8ClN3O5S. The molecule has 0 aliphatic heterocycles. The lowest BCUT2D eigenvalue weighted by Gasteiger charge is -1.99. The first-order valence-corrected chi connectivity index (χ1v) is 7.94. The van der Waals surface area contributed by atoms with Gasteiger partial charge in [0.2, 0.25) is 0 Å². The van der Waals surface area contributed by atoms with E-state index in [0.717, 1.165) is 21.9 Å². The topological polar surface area (TPSA) is 115 Å². The van der Waals surface area contributed by atoms with E-state index >= 15 is 0 Å². The van der Waals surface area contributed by atoms with Gasteiger partial charge in [-0.05, 0) is 18.2 Å². The van der Waals surface area contributed by atoms with Crippen LogP contribution in [0.15, 0.2) is 35.3 Å². The minimum absolute atomic E-state index is 0.0551. The van der Waals surface area contributed by atoms with E-state index in [1.165, 1.54) is 24.3 Å². The Bertz CT molecular complexity index is 1100. The van der Waals surface area contributed by atoms with E-state index in [1.54, 1.807) is 12.1 Å². The summed E-state index contributed by atoms with van der Waals surface area (Å²) < 4.78 is 1.05. The molecule has 1 aromatic carbocycles. The first-order chi connectivity index (χ1) is 11.9. The zero-order chi connectivity index (χ0) is 18.1. The zero-order valence-electron chi connectivity index (χ0n) is 12.2. The number of hydrogen-bond donors (Lipinski definition) is 1. The number of nitrogens with zero attached hydrogens (tertiary/aromatic N) is 3. The Morgan fingerprint density at radius 1 is 1.36 bits per heavy atom. The van der Waals surface area contributed by atoms with Gasteiger partial charge in [0.05, 0.1) is 16.2 Å². The number of para-hydroxylation sites is 1. The molecule has 126 valence electrons. The maximum absolute atomic E-state index is 12.2. The fourth-order valence-electron chi connectivity index (χ4n) is 2.11. The number of carbonyl (C=O) groups is 1. The molecule has 0 saturated heterocycles. The number of aromatic nitrogens is 2. The van der Waals surface area contributed by atoms with Crippen LogP contribution in [0.25, 0.3) is 17.1 Å². The molecule has 3 rings (SSSR count). The summed E-state index contributed by atoms with van der Waals surface area (Å²) in [6.07, 6.45) is 3.96. The van der Waals surface area contributed by atoms with Crippen molar-refractivity contribution in [2.75, 3.05) is 0 Å². The van der Waals surface area contributed by atoms with Gasteiger partial charge < -0.3 is 5.11 Å². The molecule has 0 amide bonds. The van der Waals surface area contributed by atoms with E-state index in [1.807, 2.05) is 0 Å². The zero-order valence-corrected chi connectivity index (χ0v) is 13.8. The SMILES string of the molecule is O=C(O)c1cn2c(=O)c(Cl)c(/C=C/c3ccccc3[N+](=O)[O-])nc2s1. The lowest BCUT2D eigenvalue weighted by Crippen LogP contribution is -2.14. The van der Waals surface area contributed by atoms with E-state index in [-0.39, 0.29) is 26.2 Å². The highest BCUT2D eigenvalue weighted by atomic mass is 35.5. The third kappa shape index (κ3) is 3.14. The summed E-state index contributed by atoms with van der Waals surface area (Å²) in [5.41, 5.74) is -0.291. The maximum Gasteiger partial charge on any atom is 0.347 e. The summed E-state index contributed by atoms with van der Waals surface area (Å²) in [6, 6.07) is 6.07. The van der Waals surface area contributed by atoms with Crippen molar-refractivity contribution in [2.45, 2.75) is 0 Å². The molecule has 1 N–H and O–H groups in total. The second kappa shape index (κ2) is 6.46. The molecule has 0 unspecified atom stereocenters. The van der Waals surface area contributed by atoms with Crippen molar-refractivity contribution < 1.29 is 14.8 Å². The second-order valence-corrected chi connectivity index (χ2v) is 6.21. The smallest absolute Gasteiger partial charge is 0.347 e. The second-order valence-electron chi connectivity index (χ2n) is 4.82. The van der Waals surface area contributed by atoms with Crippen molar-refractivity contribution in [3.63, 3.8) is 0 Å². The van der Waals surface area contributed by atoms with E-state index in [4.69, 9.17) is 16.7 Å². The minimum Gasteiger partial charge on any atom is -0.477 e. The van der Waals surface area contributed by atoms with Crippen molar-refractivity contribution >= 4 is 51.7 Å². The molecular weight excluding hydrogens is 370 g/mol. The summed E-state index contributed by atoms with van der Waals surface area (Å²) in [6.45, 7) is 0. The van der Waals surface area contributed by atoms with E-state index in [9.17, 15) is 19.7 Å². The molecule has 0 fully saturated rings. The molecule has 2 heterocycles. The molecule has 2 aromatic heterocycles. The van der Waals surface area contributed by atoms with Crippen molar-refractivity contribution in [3.8, 4) is 0 Å². The average molecular weight is 378 g/mol. The number of thiazole rings is 1. The quantitative estimate of drug-likeness (QED) is 0.551. The van der Waals surface area contributed by atoms with Gasteiger partial charge in [-0.2, -0.15) is 0 Å². The van der Waals surface area contributed by atoms with Crippen LogP contribution in [-0.4, -0.2) is 25.4 Å². The summed E-state index contributed by atoms with van der Waals surface area (Å²) in [7, 11) is 0. The number of halogens is 1. The van der Waals surface area contributed by atoms with Crippen molar-refractivity contribution in [3.05, 3.63) is 72.1 Å². The summed E-state index contributed by atoms with van der Waals surface area (Å²) >= 11 is 6.83. The number of hydrogen-bond acceptors (Lipinski definition) is 6. The molecule has 0 radical (unpaired) electrons. The molecule has 0 aliphatic carbocycles. The maximum atomic E-state index is 12.2. The van der Waals surface area contributed by atoms with Crippen LogP contribution in [0.1, 0.15) is 20.9 Å². The van der Waals surface area contributed by atoms with Gasteiger partial charge in [-0.25, -0.2) is 9.78 Å². The third-order valence-corrected chi connectivity index (χ3v) is 4.59. The van der Waals surface area contributed by atoms with Crippen LogP contribution in [-0.2, 0) is 0 Å². The van der Waals surface area contributed by atoms with E-state index in [0.29, 0.717) is 5.56 Å². The van der Waals surface area contributed by atoms with Crippen molar-refractivity contribution in [1.82, 2.24) is 9.38 Å². The Morgan fingerprint density at radius 2 is 2.08 bits per heavy atom. The van der Waals surface area contributed by atoms with Crippen LogP contribution in [0.5, 0.6) is 0 Å². The lowest BCUT2D eigenvalue weighted by molar-refractivity contribution is -0.385. The first kappa shape index (κ1) is 16.8. The van der Waals surface area contributed by atoms with Crippen LogP contribution in [0.4, 0.5) is 5.69 Å². The van der Waals surface area contributed by atoms with Gasteiger partial charge in [0.1, 0.15) is 9.90 Å². The molecule has 0 spiro atoms. The number of carboxylic acid groups (broad SMARTS) is 1. The average Bonchev–Trinajstić information content (AvgIpc) is 3.01. The molecule has 0 bridgehead atoms. The largest absolute Gasteiger partial charge is 0.477 e. The molecule has 25 heavy (non-hydrogen) atoms. The Morgan fingerprint density at radius 3 is 2.76 bits per heavy atom. The third-order valence-electron chi connectivity index (χ3n) is 3.27. The minimum atomic E-state index is -1.18. The normalized spacial score (nSPS) is 11.2. The van der Waals surface area contributed by atoms with Crippen LogP contribution in [0, 0.1) is 10.1 Å². The molecule has 0 saturated carbocycles. The van der Waals surface area contributed by atoms with Gasteiger partial charge in [0.25, 0.3) is 11.2 Å². The molecule has 10 heteroatoms. The fraction of sp³-hybridized carbons (Fsp3) is 0. The summed E-state index contributed by atoms with van der Waals surface area (Å²) in [4.78, 5) is 38.0. The van der Waals surface area contributed by atoms with Gasteiger partial charge in [-0.1, -0.05) is 35.1 Å². The monoisotopic (exact) mass is 377 g/mol. The summed E-state index contributed by atoms with van der Waals surface area (Å²) in [5, 5.41) is 19.8. The van der Waals surface area contributed by atoms with Crippen molar-refractivity contribution in [2.24, 2.45) is 0 Å². The predicted octanol–water partition coefficient (Wildman–Crippen LogP) is 3.19. The number of nitro benzene ring substituents is 1. The van der Waals surface area contributed by atoms with Crippen LogP contribution in [0.2, 0.25) is 5.02 Å². The van der Waals surface area contributed by atoms with Crippen LogP contribution >= 0.6 is 22.9 Å². The van der Waals surface area contributed by atoms with E-state index in [2.05, 4.69) is 4.98 Å². The van der Waals surface area contributed by atoms with Gasteiger partial charge in [-0.3, -0.25) is 19.3 Å².